The number of likely N-dealkylation sites (tertiary alicyclic amines) is 1. The zero-order valence-electron chi connectivity index (χ0n) is 16.7. The molecule has 6 rings (SSSR count). The standard InChI is InChI=1S/C23H29NO4/c1-12(25)15-10-16-17-9-14-5-6-18(26)21-19(14)23(16,22(28-21)20(15)27-2)7-8-24(17)11-13-3-4-13/h5-6,13,15-17,20,22,26H,3-4,7-11H2,1-2H3/t15-,16?,17?,20?,22+,23+/m0/s1. The van der Waals surface area contributed by atoms with Gasteiger partial charge in [0.2, 0.25) is 0 Å². The fourth-order valence-corrected chi connectivity index (χ4v) is 7.11. The number of Topliss-reactive ketones (excluding diaryl/α,β-unsaturated/α-hetero) is 1. The first-order chi connectivity index (χ1) is 13.5. The highest BCUT2D eigenvalue weighted by Gasteiger charge is 2.68. The van der Waals surface area contributed by atoms with Gasteiger partial charge in [-0.15, -0.1) is 0 Å². The maximum absolute atomic E-state index is 12.6. The summed E-state index contributed by atoms with van der Waals surface area (Å²) >= 11 is 0. The highest BCUT2D eigenvalue weighted by atomic mass is 16.5. The van der Waals surface area contributed by atoms with Crippen molar-refractivity contribution in [2.45, 2.75) is 62.7 Å². The number of carbonyl (C=O) groups excluding carboxylic acids is 1. The quantitative estimate of drug-likeness (QED) is 0.866. The lowest BCUT2D eigenvalue weighted by Gasteiger charge is -2.60. The van der Waals surface area contributed by atoms with E-state index >= 15 is 0 Å². The molecule has 2 aliphatic heterocycles. The predicted octanol–water partition coefficient (Wildman–Crippen LogP) is 2.67. The molecular formula is C23H29NO4. The number of nitrogens with zero attached hydrogens (tertiary/aromatic N) is 1. The van der Waals surface area contributed by atoms with E-state index in [1.54, 1.807) is 20.1 Å². The maximum Gasteiger partial charge on any atom is 0.165 e. The van der Waals surface area contributed by atoms with Crippen LogP contribution in [0.3, 0.4) is 0 Å². The minimum absolute atomic E-state index is 0.126. The highest BCUT2D eigenvalue weighted by molar-refractivity contribution is 5.80. The molecule has 3 fully saturated rings. The largest absolute Gasteiger partial charge is 0.504 e. The Morgan fingerprint density at radius 1 is 1.39 bits per heavy atom. The molecule has 5 aliphatic rings. The van der Waals surface area contributed by atoms with Crippen LogP contribution in [-0.4, -0.2) is 54.2 Å². The summed E-state index contributed by atoms with van der Waals surface area (Å²) in [5, 5.41) is 10.6. The Labute approximate surface area is 166 Å². The zero-order chi connectivity index (χ0) is 19.2. The first-order valence-corrected chi connectivity index (χ1v) is 10.8. The number of carbonyl (C=O) groups is 1. The molecule has 28 heavy (non-hydrogen) atoms. The van der Waals surface area contributed by atoms with Crippen molar-refractivity contribution < 1.29 is 19.4 Å². The van der Waals surface area contributed by atoms with E-state index in [4.69, 9.17) is 9.47 Å². The van der Waals surface area contributed by atoms with E-state index in [0.717, 1.165) is 31.7 Å². The monoisotopic (exact) mass is 383 g/mol. The van der Waals surface area contributed by atoms with Gasteiger partial charge < -0.3 is 14.6 Å². The number of hydrogen-bond donors (Lipinski definition) is 1. The number of phenolic OH excluding ortho intramolecular Hbond substituents is 1. The maximum atomic E-state index is 12.6. The second-order valence-corrected chi connectivity index (χ2v) is 9.75. The van der Waals surface area contributed by atoms with Gasteiger partial charge in [0.15, 0.2) is 11.5 Å². The number of hydrogen-bond acceptors (Lipinski definition) is 5. The summed E-state index contributed by atoms with van der Waals surface area (Å²) in [5.41, 5.74) is 2.43. The van der Waals surface area contributed by atoms with Crippen molar-refractivity contribution in [2.75, 3.05) is 20.2 Å². The van der Waals surface area contributed by atoms with Crippen LogP contribution < -0.4 is 4.74 Å². The molecule has 2 saturated carbocycles. The second-order valence-electron chi connectivity index (χ2n) is 9.75. The Morgan fingerprint density at radius 3 is 2.93 bits per heavy atom. The van der Waals surface area contributed by atoms with Gasteiger partial charge in [0.05, 0.1) is 0 Å². The Hall–Kier alpha value is -1.59. The number of methoxy groups -OCH3 is 1. The lowest BCUT2D eigenvalue weighted by Crippen LogP contribution is -2.69. The molecule has 0 amide bonds. The number of ketones is 1. The zero-order valence-corrected chi connectivity index (χ0v) is 16.7. The van der Waals surface area contributed by atoms with Crippen molar-refractivity contribution in [3.05, 3.63) is 23.3 Å². The van der Waals surface area contributed by atoms with E-state index in [9.17, 15) is 9.90 Å². The first kappa shape index (κ1) is 17.3. The summed E-state index contributed by atoms with van der Waals surface area (Å²) in [5.74, 6) is 2.21. The van der Waals surface area contributed by atoms with Gasteiger partial charge in [0.25, 0.3) is 0 Å². The SMILES string of the molecule is COC1[C@H]2Oc3c(O)ccc4c3[C@]23CCN(CC2CC2)C(C4)C3C[C@H]1C(C)=O. The lowest BCUT2D eigenvalue weighted by atomic mass is 9.49. The number of benzene rings is 1. The van der Waals surface area contributed by atoms with Gasteiger partial charge in [-0.2, -0.15) is 0 Å². The van der Waals surface area contributed by atoms with Crippen molar-refractivity contribution in [3.8, 4) is 11.5 Å². The summed E-state index contributed by atoms with van der Waals surface area (Å²) in [4.78, 5) is 15.3. The number of rotatable bonds is 4. The van der Waals surface area contributed by atoms with Crippen molar-refractivity contribution in [3.63, 3.8) is 0 Å². The molecule has 2 heterocycles. The summed E-state index contributed by atoms with van der Waals surface area (Å²) in [6.45, 7) is 3.97. The average Bonchev–Trinajstić information content (AvgIpc) is 3.42. The summed E-state index contributed by atoms with van der Waals surface area (Å²) in [6, 6.07) is 4.35. The molecule has 150 valence electrons. The number of piperidine rings is 1. The molecule has 1 saturated heterocycles. The summed E-state index contributed by atoms with van der Waals surface area (Å²) in [7, 11) is 1.70. The van der Waals surface area contributed by atoms with Crippen molar-refractivity contribution in [2.24, 2.45) is 17.8 Å². The van der Waals surface area contributed by atoms with Crippen molar-refractivity contribution in [1.29, 1.82) is 0 Å². The molecule has 5 nitrogen and oxygen atoms in total. The van der Waals surface area contributed by atoms with Crippen molar-refractivity contribution in [1.82, 2.24) is 4.90 Å². The van der Waals surface area contributed by atoms with E-state index in [1.165, 1.54) is 30.5 Å². The number of ether oxygens (including phenoxy) is 2. The number of aromatic hydroxyl groups is 1. The third-order valence-corrected chi connectivity index (χ3v) is 8.46. The number of phenols is 1. The summed E-state index contributed by atoms with van der Waals surface area (Å²) in [6.07, 6.45) is 5.19. The molecule has 6 atom stereocenters. The van der Waals surface area contributed by atoms with Crippen LogP contribution >= 0.6 is 0 Å². The molecule has 3 aliphatic carbocycles. The minimum atomic E-state index is -0.248. The van der Waals surface area contributed by atoms with E-state index in [0.29, 0.717) is 17.7 Å². The Balaban J connectivity index is 1.52. The van der Waals surface area contributed by atoms with Crippen LogP contribution in [0.5, 0.6) is 11.5 Å². The lowest BCUT2D eigenvalue weighted by molar-refractivity contribution is -0.156. The molecule has 1 N–H and O–H groups in total. The molecular weight excluding hydrogens is 354 g/mol. The fraction of sp³-hybridized carbons (Fsp3) is 0.696. The Kier molecular flexibility index (Phi) is 3.54. The molecule has 0 radical (unpaired) electrons. The van der Waals surface area contributed by atoms with Crippen LogP contribution in [0.1, 0.15) is 43.7 Å². The van der Waals surface area contributed by atoms with E-state index < -0.39 is 0 Å². The second kappa shape index (κ2) is 5.73. The van der Waals surface area contributed by atoms with E-state index in [1.807, 2.05) is 0 Å². The molecule has 3 unspecified atom stereocenters. The third-order valence-electron chi connectivity index (χ3n) is 8.46. The molecule has 1 aromatic rings. The van der Waals surface area contributed by atoms with Crippen LogP contribution in [-0.2, 0) is 21.4 Å². The molecule has 5 heteroatoms. The van der Waals surface area contributed by atoms with Crippen molar-refractivity contribution >= 4 is 5.78 Å². The van der Waals surface area contributed by atoms with Crippen LogP contribution in [0.4, 0.5) is 0 Å². The Bertz CT molecular complexity index is 849. The van der Waals surface area contributed by atoms with Crippen LogP contribution in [0.15, 0.2) is 12.1 Å². The van der Waals surface area contributed by atoms with Gasteiger partial charge in [-0.1, -0.05) is 6.07 Å². The van der Waals surface area contributed by atoms with Crippen LogP contribution in [0.2, 0.25) is 0 Å². The Morgan fingerprint density at radius 2 is 2.21 bits per heavy atom. The van der Waals surface area contributed by atoms with Gasteiger partial charge in [0.1, 0.15) is 18.0 Å². The van der Waals surface area contributed by atoms with Crippen LogP contribution in [0, 0.1) is 17.8 Å². The topological polar surface area (TPSA) is 59.0 Å². The fourth-order valence-electron chi connectivity index (χ4n) is 7.11. The van der Waals surface area contributed by atoms with Crippen LogP contribution in [0.25, 0.3) is 0 Å². The van der Waals surface area contributed by atoms with Gasteiger partial charge in [-0.3, -0.25) is 9.69 Å². The molecule has 1 spiro atoms. The van der Waals surface area contributed by atoms with Gasteiger partial charge >= 0.3 is 0 Å². The average molecular weight is 383 g/mol. The molecule has 2 bridgehead atoms. The molecule has 0 aromatic heterocycles. The first-order valence-electron chi connectivity index (χ1n) is 10.8. The minimum Gasteiger partial charge on any atom is -0.504 e. The molecule has 1 aromatic carbocycles. The van der Waals surface area contributed by atoms with Gasteiger partial charge in [0, 0.05) is 36.6 Å². The normalized spacial score (nSPS) is 40.7. The highest BCUT2D eigenvalue weighted by Crippen LogP contribution is 2.65. The predicted molar refractivity (Wildman–Crippen MR) is 104 cm³/mol. The third kappa shape index (κ3) is 2.07. The van der Waals surface area contributed by atoms with E-state index in [2.05, 4.69) is 11.0 Å². The van der Waals surface area contributed by atoms with Gasteiger partial charge in [-0.25, -0.2) is 0 Å². The smallest absolute Gasteiger partial charge is 0.165 e. The summed E-state index contributed by atoms with van der Waals surface area (Å²) < 4.78 is 12.4. The van der Waals surface area contributed by atoms with Gasteiger partial charge in [-0.05, 0) is 69.0 Å². The van der Waals surface area contributed by atoms with E-state index in [-0.39, 0.29) is 35.1 Å².